The number of nitrogens with two attached hydrogens (primary N) is 1. The van der Waals surface area contributed by atoms with Crippen LogP contribution in [0.5, 0.6) is 0 Å². The lowest BCUT2D eigenvalue weighted by Crippen LogP contribution is -2.38. The first kappa shape index (κ1) is 18.6. The Morgan fingerprint density at radius 2 is 2.10 bits per heavy atom. The van der Waals surface area contributed by atoms with Crippen LogP contribution in [0.4, 0.5) is 0 Å². The van der Waals surface area contributed by atoms with E-state index in [1.54, 1.807) is 20.1 Å². The largest absolute Gasteiger partial charge is 0.383 e. The number of sulfonamides is 1. The molecule has 0 amide bonds. The third kappa shape index (κ3) is 5.03. The maximum absolute atomic E-state index is 12.6. The second-order valence-electron chi connectivity index (χ2n) is 4.97. The molecule has 1 unspecified atom stereocenters. The van der Waals surface area contributed by atoms with E-state index in [2.05, 4.69) is 20.7 Å². The first-order valence-electron chi connectivity index (χ1n) is 6.86. The van der Waals surface area contributed by atoms with Crippen LogP contribution in [0.3, 0.4) is 0 Å². The summed E-state index contributed by atoms with van der Waals surface area (Å²) in [6.45, 7) is 4.42. The summed E-state index contributed by atoms with van der Waals surface area (Å²) in [5, 5.41) is 0. The zero-order valence-electron chi connectivity index (χ0n) is 12.6. The van der Waals surface area contributed by atoms with E-state index in [0.29, 0.717) is 12.2 Å². The van der Waals surface area contributed by atoms with Crippen LogP contribution in [0.2, 0.25) is 0 Å². The van der Waals surface area contributed by atoms with Gasteiger partial charge in [-0.3, -0.25) is 0 Å². The van der Waals surface area contributed by atoms with Crippen LogP contribution in [-0.4, -0.2) is 28.2 Å². The number of hydrogen-bond acceptors (Lipinski definition) is 4. The number of halogens is 1. The predicted molar refractivity (Wildman–Crippen MR) is 87.7 cm³/mol. The van der Waals surface area contributed by atoms with Crippen LogP contribution < -0.4 is 10.5 Å². The average molecular weight is 379 g/mol. The highest BCUT2D eigenvalue weighted by molar-refractivity contribution is 9.10. The van der Waals surface area contributed by atoms with Crippen LogP contribution in [-0.2, 0) is 21.3 Å². The van der Waals surface area contributed by atoms with Crippen molar-refractivity contribution in [1.29, 1.82) is 0 Å². The maximum Gasteiger partial charge on any atom is 0.241 e. The third-order valence-electron chi connectivity index (χ3n) is 3.21. The molecule has 3 N–H and O–H groups in total. The van der Waals surface area contributed by atoms with Crippen LogP contribution in [0.1, 0.15) is 30.9 Å². The summed E-state index contributed by atoms with van der Waals surface area (Å²) in [6, 6.07) is 3.23. The molecule has 1 rings (SSSR count). The lowest BCUT2D eigenvalue weighted by atomic mass is 10.1. The molecule has 0 fully saturated rings. The number of hydrogen-bond donors (Lipinski definition) is 2. The lowest BCUT2D eigenvalue weighted by Gasteiger charge is -2.19. The third-order valence-corrected chi connectivity index (χ3v) is 5.68. The summed E-state index contributed by atoms with van der Waals surface area (Å²) in [5.41, 5.74) is 7.07. The quantitative estimate of drug-likeness (QED) is 0.726. The van der Waals surface area contributed by atoms with Gasteiger partial charge in [-0.2, -0.15) is 0 Å². The zero-order chi connectivity index (χ0) is 16.0. The van der Waals surface area contributed by atoms with Crippen molar-refractivity contribution in [1.82, 2.24) is 4.72 Å². The van der Waals surface area contributed by atoms with E-state index in [1.807, 2.05) is 13.0 Å². The molecule has 1 aromatic carbocycles. The normalized spacial score (nSPS) is 13.4. The van der Waals surface area contributed by atoms with Crippen molar-refractivity contribution in [3.63, 3.8) is 0 Å². The molecular weight excluding hydrogens is 356 g/mol. The molecule has 120 valence electrons. The highest BCUT2D eigenvalue weighted by Gasteiger charge is 2.23. The monoisotopic (exact) mass is 378 g/mol. The van der Waals surface area contributed by atoms with Crippen LogP contribution >= 0.6 is 15.9 Å². The standard InChI is InChI=1S/C14H23BrN2O3S/c1-4-5-12(9-20-3)17-21(18,19)14-7-11(8-16)6-13(15)10(14)2/h6-7,12,17H,4-5,8-9,16H2,1-3H3. The molecule has 7 heteroatoms. The predicted octanol–water partition coefficient (Wildman–Crippen LogP) is 2.31. The molecule has 0 spiro atoms. The van der Waals surface area contributed by atoms with Crippen molar-refractivity contribution in [2.75, 3.05) is 13.7 Å². The Hall–Kier alpha value is -0.470. The molecule has 0 bridgehead atoms. The first-order chi connectivity index (χ1) is 9.85. The SMILES string of the molecule is CCCC(COC)NS(=O)(=O)c1cc(CN)cc(Br)c1C. The van der Waals surface area contributed by atoms with Crippen LogP contribution in [0.15, 0.2) is 21.5 Å². The number of ether oxygens (including phenoxy) is 1. The van der Waals surface area contributed by atoms with Crippen molar-refractivity contribution < 1.29 is 13.2 Å². The van der Waals surface area contributed by atoms with E-state index >= 15 is 0 Å². The number of nitrogens with one attached hydrogen (secondary N) is 1. The highest BCUT2D eigenvalue weighted by Crippen LogP contribution is 2.26. The van der Waals surface area contributed by atoms with E-state index in [-0.39, 0.29) is 17.5 Å². The molecule has 0 saturated carbocycles. The van der Waals surface area contributed by atoms with Crippen LogP contribution in [0, 0.1) is 6.92 Å². The molecule has 0 aliphatic carbocycles. The van der Waals surface area contributed by atoms with Gasteiger partial charge in [-0.1, -0.05) is 29.3 Å². The van der Waals surface area contributed by atoms with Crippen molar-refractivity contribution >= 4 is 26.0 Å². The number of rotatable bonds is 8. The molecular formula is C14H23BrN2O3S. The summed E-state index contributed by atoms with van der Waals surface area (Å²) in [4.78, 5) is 0.259. The molecule has 0 heterocycles. The Morgan fingerprint density at radius 3 is 2.62 bits per heavy atom. The molecule has 5 nitrogen and oxygen atoms in total. The van der Waals surface area contributed by atoms with Gasteiger partial charge in [0.25, 0.3) is 0 Å². The van der Waals surface area contributed by atoms with Gasteiger partial charge in [-0.05, 0) is 36.6 Å². The molecule has 0 aliphatic heterocycles. The van der Waals surface area contributed by atoms with Gasteiger partial charge >= 0.3 is 0 Å². The van der Waals surface area contributed by atoms with Crippen molar-refractivity contribution in [3.05, 3.63) is 27.7 Å². The van der Waals surface area contributed by atoms with E-state index in [4.69, 9.17) is 10.5 Å². The second-order valence-corrected chi connectivity index (χ2v) is 7.50. The first-order valence-corrected chi connectivity index (χ1v) is 9.13. The topological polar surface area (TPSA) is 81.4 Å². The Labute approximate surface area is 135 Å². The molecule has 0 saturated heterocycles. The Bertz CT molecular complexity index is 570. The summed E-state index contributed by atoms with van der Waals surface area (Å²) < 4.78 is 33.7. The number of methoxy groups -OCH3 is 1. The van der Waals surface area contributed by atoms with E-state index in [9.17, 15) is 8.42 Å². The van der Waals surface area contributed by atoms with Gasteiger partial charge in [0.1, 0.15) is 0 Å². The fourth-order valence-corrected chi connectivity index (χ4v) is 4.32. The van der Waals surface area contributed by atoms with Crippen molar-refractivity contribution in [2.24, 2.45) is 5.73 Å². The summed E-state index contributed by atoms with van der Waals surface area (Å²) >= 11 is 3.39. The lowest BCUT2D eigenvalue weighted by molar-refractivity contribution is 0.171. The molecule has 0 aliphatic rings. The maximum atomic E-state index is 12.6. The number of benzene rings is 1. The smallest absolute Gasteiger partial charge is 0.241 e. The van der Waals surface area contributed by atoms with Gasteiger partial charge in [-0.25, -0.2) is 13.1 Å². The van der Waals surface area contributed by atoms with Gasteiger partial charge in [0.2, 0.25) is 10.0 Å². The molecule has 0 aromatic heterocycles. The molecule has 1 atom stereocenters. The zero-order valence-corrected chi connectivity index (χ0v) is 15.1. The summed E-state index contributed by atoms with van der Waals surface area (Å²) in [5.74, 6) is 0. The highest BCUT2D eigenvalue weighted by atomic mass is 79.9. The van der Waals surface area contributed by atoms with E-state index in [1.165, 1.54) is 0 Å². The second kappa shape index (κ2) is 8.24. The minimum absolute atomic E-state index is 0.232. The van der Waals surface area contributed by atoms with Gasteiger partial charge in [-0.15, -0.1) is 0 Å². The minimum Gasteiger partial charge on any atom is -0.383 e. The van der Waals surface area contributed by atoms with Gasteiger partial charge in [0, 0.05) is 24.2 Å². The molecule has 21 heavy (non-hydrogen) atoms. The van der Waals surface area contributed by atoms with Gasteiger partial charge in [0.05, 0.1) is 11.5 Å². The summed E-state index contributed by atoms with van der Waals surface area (Å²) in [6.07, 6.45) is 1.60. The average Bonchev–Trinajstić information content (AvgIpc) is 2.41. The van der Waals surface area contributed by atoms with E-state index < -0.39 is 10.0 Å². The Balaban J connectivity index is 3.14. The summed E-state index contributed by atoms with van der Waals surface area (Å²) in [7, 11) is -2.04. The van der Waals surface area contributed by atoms with E-state index in [0.717, 1.165) is 22.9 Å². The Kier molecular flexibility index (Phi) is 7.29. The minimum atomic E-state index is -3.61. The fourth-order valence-electron chi connectivity index (χ4n) is 2.11. The van der Waals surface area contributed by atoms with Crippen molar-refractivity contribution in [3.8, 4) is 0 Å². The fraction of sp³-hybridized carbons (Fsp3) is 0.571. The molecule has 0 radical (unpaired) electrons. The molecule has 1 aromatic rings. The van der Waals surface area contributed by atoms with Crippen LogP contribution in [0.25, 0.3) is 0 Å². The van der Waals surface area contributed by atoms with Crippen molar-refractivity contribution in [2.45, 2.75) is 44.2 Å². The van der Waals surface area contributed by atoms with Gasteiger partial charge < -0.3 is 10.5 Å². The Morgan fingerprint density at radius 1 is 1.43 bits per heavy atom. The van der Waals surface area contributed by atoms with Gasteiger partial charge in [0.15, 0.2) is 0 Å².